The highest BCUT2D eigenvalue weighted by Gasteiger charge is 2.36. The molecule has 2 aromatic rings. The van der Waals surface area contributed by atoms with Crippen LogP contribution in [-0.4, -0.2) is 31.9 Å². The Hall–Kier alpha value is -3.08. The standard InChI is InChI=1S/C20H18N2O3/c1-3-8-25-19-11-16-15(10-18(19)24-2)20(23)22-14(12-21-16)9-13-6-4-5-7-17(13)22/h3-7,10-12,14H,1,8-9H2,2H3. The molecule has 1 atom stereocenters. The Morgan fingerprint density at radius 1 is 1.32 bits per heavy atom. The number of para-hydroxylation sites is 1. The van der Waals surface area contributed by atoms with Gasteiger partial charge in [0.15, 0.2) is 11.5 Å². The third kappa shape index (κ3) is 2.48. The number of amides is 1. The summed E-state index contributed by atoms with van der Waals surface area (Å²) in [6.07, 6.45) is 4.27. The van der Waals surface area contributed by atoms with E-state index >= 15 is 0 Å². The van der Waals surface area contributed by atoms with Crippen molar-refractivity contribution >= 4 is 23.5 Å². The second-order valence-corrected chi connectivity index (χ2v) is 5.97. The van der Waals surface area contributed by atoms with E-state index in [9.17, 15) is 4.79 Å². The molecule has 2 aromatic carbocycles. The lowest BCUT2D eigenvalue weighted by atomic mass is 10.1. The molecule has 0 bridgehead atoms. The van der Waals surface area contributed by atoms with Crippen LogP contribution in [0.2, 0.25) is 0 Å². The van der Waals surface area contributed by atoms with Crippen LogP contribution >= 0.6 is 0 Å². The minimum atomic E-state index is -0.0731. The van der Waals surface area contributed by atoms with E-state index in [0.29, 0.717) is 29.4 Å². The van der Waals surface area contributed by atoms with Crippen molar-refractivity contribution in [2.24, 2.45) is 4.99 Å². The number of carbonyl (C=O) groups is 1. The quantitative estimate of drug-likeness (QED) is 0.804. The normalized spacial score (nSPS) is 17.4. The van der Waals surface area contributed by atoms with Gasteiger partial charge in [0.1, 0.15) is 6.61 Å². The van der Waals surface area contributed by atoms with E-state index in [1.165, 1.54) is 0 Å². The van der Waals surface area contributed by atoms with Crippen molar-refractivity contribution in [3.8, 4) is 11.5 Å². The van der Waals surface area contributed by atoms with Crippen LogP contribution in [0.5, 0.6) is 11.5 Å². The molecule has 0 saturated carbocycles. The zero-order chi connectivity index (χ0) is 17.4. The van der Waals surface area contributed by atoms with Gasteiger partial charge in [0, 0.05) is 24.4 Å². The maximum absolute atomic E-state index is 13.2. The Labute approximate surface area is 146 Å². The lowest BCUT2D eigenvalue weighted by Crippen LogP contribution is -2.37. The van der Waals surface area contributed by atoms with E-state index in [4.69, 9.17) is 9.47 Å². The van der Waals surface area contributed by atoms with E-state index < -0.39 is 0 Å². The molecule has 0 N–H and O–H groups in total. The fourth-order valence-corrected chi connectivity index (χ4v) is 3.34. The summed E-state index contributed by atoms with van der Waals surface area (Å²) in [7, 11) is 1.56. The molecule has 0 fully saturated rings. The first kappa shape index (κ1) is 15.4. The van der Waals surface area contributed by atoms with Gasteiger partial charge in [-0.1, -0.05) is 30.9 Å². The molecule has 2 aliphatic heterocycles. The van der Waals surface area contributed by atoms with Crippen molar-refractivity contribution in [3.05, 3.63) is 60.2 Å². The monoisotopic (exact) mass is 334 g/mol. The summed E-state index contributed by atoms with van der Waals surface area (Å²) in [6, 6.07) is 11.4. The maximum Gasteiger partial charge on any atom is 0.261 e. The number of nitrogens with zero attached hydrogens (tertiary/aromatic N) is 2. The Bertz CT molecular complexity index is 889. The third-order valence-electron chi connectivity index (χ3n) is 4.49. The lowest BCUT2D eigenvalue weighted by Gasteiger charge is -2.22. The Morgan fingerprint density at radius 3 is 2.96 bits per heavy atom. The molecule has 5 nitrogen and oxygen atoms in total. The van der Waals surface area contributed by atoms with Crippen molar-refractivity contribution < 1.29 is 14.3 Å². The molecular formula is C20H18N2O3. The minimum absolute atomic E-state index is 0.0687. The lowest BCUT2D eigenvalue weighted by molar-refractivity contribution is 0.0986. The van der Waals surface area contributed by atoms with Crippen LogP contribution in [0.3, 0.4) is 0 Å². The molecule has 2 aliphatic rings. The summed E-state index contributed by atoms with van der Waals surface area (Å²) in [5, 5.41) is 0. The first-order valence-electron chi connectivity index (χ1n) is 8.14. The summed E-state index contributed by atoms with van der Waals surface area (Å²) in [5.74, 6) is 0.986. The number of fused-ring (bicyclic) bond motifs is 4. The van der Waals surface area contributed by atoms with E-state index in [1.807, 2.05) is 29.3 Å². The maximum atomic E-state index is 13.2. The van der Waals surface area contributed by atoms with Crippen LogP contribution < -0.4 is 14.4 Å². The zero-order valence-corrected chi connectivity index (χ0v) is 13.9. The third-order valence-corrected chi connectivity index (χ3v) is 4.49. The number of ether oxygens (including phenoxy) is 2. The van der Waals surface area contributed by atoms with Crippen LogP contribution in [0.4, 0.5) is 11.4 Å². The van der Waals surface area contributed by atoms with Crippen LogP contribution in [0.25, 0.3) is 0 Å². The first-order chi connectivity index (χ1) is 12.2. The van der Waals surface area contributed by atoms with Crippen molar-refractivity contribution in [1.29, 1.82) is 0 Å². The average Bonchev–Trinajstić information content (AvgIpc) is 2.96. The van der Waals surface area contributed by atoms with Gasteiger partial charge in [0.25, 0.3) is 5.91 Å². The fraction of sp³-hybridized carbons (Fsp3) is 0.200. The van der Waals surface area contributed by atoms with Crippen molar-refractivity contribution in [3.63, 3.8) is 0 Å². The molecule has 25 heavy (non-hydrogen) atoms. The van der Waals surface area contributed by atoms with Crippen molar-refractivity contribution in [2.75, 3.05) is 18.6 Å². The Kier molecular flexibility index (Phi) is 3.76. The van der Waals surface area contributed by atoms with Crippen LogP contribution in [0, 0.1) is 0 Å². The van der Waals surface area contributed by atoms with Gasteiger partial charge in [0.2, 0.25) is 0 Å². The summed E-state index contributed by atoms with van der Waals surface area (Å²) in [5.41, 5.74) is 3.21. The Balaban J connectivity index is 1.80. The van der Waals surface area contributed by atoms with Gasteiger partial charge >= 0.3 is 0 Å². The largest absolute Gasteiger partial charge is 0.493 e. The first-order valence-corrected chi connectivity index (χ1v) is 8.14. The highest BCUT2D eigenvalue weighted by Crippen LogP contribution is 2.40. The predicted octanol–water partition coefficient (Wildman–Crippen LogP) is 3.55. The summed E-state index contributed by atoms with van der Waals surface area (Å²) in [4.78, 5) is 19.6. The van der Waals surface area contributed by atoms with Crippen molar-refractivity contribution in [1.82, 2.24) is 0 Å². The number of hydrogen-bond acceptors (Lipinski definition) is 4. The van der Waals surface area contributed by atoms with Gasteiger partial charge in [0.05, 0.1) is 24.4 Å². The summed E-state index contributed by atoms with van der Waals surface area (Å²) in [6.45, 7) is 4.01. The van der Waals surface area contributed by atoms with Crippen LogP contribution in [0.1, 0.15) is 15.9 Å². The van der Waals surface area contributed by atoms with Crippen molar-refractivity contribution in [2.45, 2.75) is 12.5 Å². The number of hydrogen-bond donors (Lipinski definition) is 0. The molecule has 1 unspecified atom stereocenters. The average molecular weight is 334 g/mol. The highest BCUT2D eigenvalue weighted by molar-refractivity contribution is 6.14. The SMILES string of the molecule is C=CCOc1cc2c(cc1OC)C(=O)N1c3ccccc3CC1C=N2. The molecule has 0 spiro atoms. The van der Waals surface area contributed by atoms with Gasteiger partial charge in [-0.2, -0.15) is 0 Å². The van der Waals surface area contributed by atoms with E-state index in [0.717, 1.165) is 17.7 Å². The Morgan fingerprint density at radius 2 is 2.16 bits per heavy atom. The van der Waals surface area contributed by atoms with Gasteiger partial charge < -0.3 is 9.47 Å². The molecule has 4 rings (SSSR count). The number of rotatable bonds is 4. The molecule has 0 radical (unpaired) electrons. The molecule has 1 amide bonds. The minimum Gasteiger partial charge on any atom is -0.493 e. The van der Waals surface area contributed by atoms with Gasteiger partial charge in [-0.3, -0.25) is 14.7 Å². The molecular weight excluding hydrogens is 316 g/mol. The van der Waals surface area contributed by atoms with Gasteiger partial charge in [-0.15, -0.1) is 0 Å². The van der Waals surface area contributed by atoms with E-state index in [2.05, 4.69) is 17.6 Å². The molecule has 0 saturated heterocycles. The predicted molar refractivity (Wildman–Crippen MR) is 97.6 cm³/mol. The topological polar surface area (TPSA) is 51.1 Å². The molecule has 2 heterocycles. The number of methoxy groups -OCH3 is 1. The number of carbonyl (C=O) groups excluding carboxylic acids is 1. The smallest absolute Gasteiger partial charge is 0.261 e. The second kappa shape index (κ2) is 6.09. The van der Waals surface area contributed by atoms with Gasteiger partial charge in [-0.05, 0) is 17.7 Å². The summed E-state index contributed by atoms with van der Waals surface area (Å²) >= 11 is 0. The summed E-state index contributed by atoms with van der Waals surface area (Å²) < 4.78 is 11.0. The van der Waals surface area contributed by atoms with E-state index in [1.54, 1.807) is 25.3 Å². The number of aliphatic imine (C=N–C) groups is 1. The van der Waals surface area contributed by atoms with Gasteiger partial charge in [-0.25, -0.2) is 0 Å². The van der Waals surface area contributed by atoms with Crippen LogP contribution in [-0.2, 0) is 6.42 Å². The zero-order valence-electron chi connectivity index (χ0n) is 13.9. The number of benzene rings is 2. The molecule has 0 aromatic heterocycles. The molecule has 0 aliphatic carbocycles. The second-order valence-electron chi connectivity index (χ2n) is 5.97. The highest BCUT2D eigenvalue weighted by atomic mass is 16.5. The fourth-order valence-electron chi connectivity index (χ4n) is 3.34. The van der Waals surface area contributed by atoms with E-state index in [-0.39, 0.29) is 11.9 Å². The van der Waals surface area contributed by atoms with Crippen LogP contribution in [0.15, 0.2) is 54.0 Å². The molecule has 126 valence electrons. The molecule has 5 heteroatoms. The number of anilines is 1.